The fraction of sp³-hybridized carbons (Fsp3) is 0.636. The summed E-state index contributed by atoms with van der Waals surface area (Å²) in [5, 5.41) is 23.2. The van der Waals surface area contributed by atoms with E-state index in [-0.39, 0.29) is 5.88 Å². The van der Waals surface area contributed by atoms with E-state index in [0.717, 1.165) is 9.80 Å². The number of methoxy groups -OCH3 is 1. The number of hydrogen-bond donors (Lipinski definition) is 2. The van der Waals surface area contributed by atoms with Crippen molar-refractivity contribution in [2.45, 2.75) is 31.9 Å². The highest BCUT2D eigenvalue weighted by atomic mass is 16.5. The van der Waals surface area contributed by atoms with Crippen molar-refractivity contribution in [3.05, 3.63) is 11.8 Å². The van der Waals surface area contributed by atoms with Gasteiger partial charge in [0.25, 0.3) is 0 Å². The van der Waals surface area contributed by atoms with E-state index in [0.29, 0.717) is 5.69 Å². The summed E-state index contributed by atoms with van der Waals surface area (Å²) in [6.45, 7) is 3.58. The van der Waals surface area contributed by atoms with Crippen LogP contribution in [0.3, 0.4) is 0 Å². The molecular formula is C11H17N3O5. The van der Waals surface area contributed by atoms with Gasteiger partial charge >= 0.3 is 6.03 Å². The molecule has 1 aromatic rings. The van der Waals surface area contributed by atoms with Crippen molar-refractivity contribution in [1.82, 2.24) is 10.1 Å². The molecule has 2 rings (SSSR count). The minimum atomic E-state index is -1.40. The number of urea groups is 1. The number of carbonyl (C=O) groups excluding carboxylic acids is 1. The van der Waals surface area contributed by atoms with E-state index in [4.69, 9.17) is 9.26 Å². The van der Waals surface area contributed by atoms with Crippen molar-refractivity contribution < 1.29 is 24.3 Å². The highest BCUT2D eigenvalue weighted by Gasteiger charge is 2.45. The van der Waals surface area contributed by atoms with Crippen molar-refractivity contribution in [3.8, 4) is 0 Å². The fourth-order valence-electron chi connectivity index (χ4n) is 1.72. The van der Waals surface area contributed by atoms with Crippen LogP contribution in [0.25, 0.3) is 0 Å². The second-order valence-electron chi connectivity index (χ2n) is 4.86. The van der Waals surface area contributed by atoms with Crippen molar-refractivity contribution in [3.63, 3.8) is 0 Å². The number of likely N-dealkylation sites (N-methyl/N-ethyl adjacent to an activating group) is 1. The zero-order valence-electron chi connectivity index (χ0n) is 11.2. The highest BCUT2D eigenvalue weighted by molar-refractivity contribution is 5.93. The molecule has 0 spiro atoms. The Morgan fingerprint density at radius 1 is 1.42 bits per heavy atom. The lowest BCUT2D eigenvalue weighted by atomic mass is 10.1. The molecule has 2 heterocycles. The van der Waals surface area contributed by atoms with Gasteiger partial charge in [-0.1, -0.05) is 5.16 Å². The molecule has 0 aliphatic carbocycles. The number of ether oxygens (including phenoxy) is 1. The average molecular weight is 271 g/mol. The molecule has 2 unspecified atom stereocenters. The summed E-state index contributed by atoms with van der Waals surface area (Å²) in [6.07, 6.45) is -2.71. The third-order valence-corrected chi connectivity index (χ3v) is 3.30. The Kier molecular flexibility index (Phi) is 3.25. The third kappa shape index (κ3) is 2.07. The quantitative estimate of drug-likeness (QED) is 0.806. The second-order valence-corrected chi connectivity index (χ2v) is 4.86. The maximum Gasteiger partial charge on any atom is 0.331 e. The Hall–Kier alpha value is -1.64. The number of aliphatic hydroxyl groups excluding tert-OH is 2. The molecule has 0 aromatic carbocycles. The van der Waals surface area contributed by atoms with E-state index in [2.05, 4.69) is 5.16 Å². The summed E-state index contributed by atoms with van der Waals surface area (Å²) in [7, 11) is 2.91. The molecule has 8 heteroatoms. The zero-order chi connectivity index (χ0) is 14.4. The van der Waals surface area contributed by atoms with Gasteiger partial charge in [-0.2, -0.15) is 0 Å². The van der Waals surface area contributed by atoms with Gasteiger partial charge in [-0.25, -0.2) is 9.69 Å². The Morgan fingerprint density at radius 2 is 2.05 bits per heavy atom. The van der Waals surface area contributed by atoms with Crippen molar-refractivity contribution in [2.75, 3.05) is 19.1 Å². The summed E-state index contributed by atoms with van der Waals surface area (Å²) in [5.74, 6) is 0.0565. The van der Waals surface area contributed by atoms with Gasteiger partial charge in [0.05, 0.1) is 0 Å². The van der Waals surface area contributed by atoms with Gasteiger partial charge in [-0.3, -0.25) is 4.90 Å². The normalized spacial score (nSPS) is 24.4. The Balaban J connectivity index is 2.31. The Bertz CT molecular complexity index is 486. The number of hydrogen-bond acceptors (Lipinski definition) is 6. The number of aliphatic hydroxyl groups is 2. The topological polar surface area (TPSA) is 99.3 Å². The number of rotatable bonds is 3. The summed E-state index contributed by atoms with van der Waals surface area (Å²) in [6, 6.07) is 0.925. The van der Waals surface area contributed by atoms with Gasteiger partial charge in [-0.05, 0) is 13.8 Å². The SMILES string of the molecule is COC(C)(C)c1cc(N2C(=O)N(C)C(O)C2O)on1. The molecule has 1 saturated heterocycles. The van der Waals surface area contributed by atoms with Crippen LogP contribution >= 0.6 is 0 Å². The first-order valence-electron chi connectivity index (χ1n) is 5.74. The molecule has 0 radical (unpaired) electrons. The van der Waals surface area contributed by atoms with Crippen LogP contribution in [0, 0.1) is 0 Å². The fourth-order valence-corrected chi connectivity index (χ4v) is 1.72. The number of anilines is 1. The summed E-state index contributed by atoms with van der Waals surface area (Å²) < 4.78 is 10.3. The third-order valence-electron chi connectivity index (χ3n) is 3.30. The largest absolute Gasteiger partial charge is 0.372 e. The molecule has 0 bridgehead atoms. The molecule has 2 N–H and O–H groups in total. The van der Waals surface area contributed by atoms with E-state index in [1.165, 1.54) is 20.2 Å². The molecule has 2 atom stereocenters. The highest BCUT2D eigenvalue weighted by Crippen LogP contribution is 2.30. The predicted molar refractivity (Wildman–Crippen MR) is 64.2 cm³/mol. The van der Waals surface area contributed by atoms with Gasteiger partial charge in [0.1, 0.15) is 11.3 Å². The zero-order valence-corrected chi connectivity index (χ0v) is 11.2. The van der Waals surface area contributed by atoms with Gasteiger partial charge in [-0.15, -0.1) is 0 Å². The minimum Gasteiger partial charge on any atom is -0.372 e. The van der Waals surface area contributed by atoms with Crippen LogP contribution in [0.15, 0.2) is 10.6 Å². The van der Waals surface area contributed by atoms with E-state index in [9.17, 15) is 15.0 Å². The average Bonchev–Trinajstić information content (AvgIpc) is 2.92. The Labute approximate surface area is 110 Å². The van der Waals surface area contributed by atoms with Gasteiger partial charge < -0.3 is 19.5 Å². The molecule has 106 valence electrons. The monoisotopic (exact) mass is 271 g/mol. The standard InChI is InChI=1S/C11H17N3O5/c1-11(2,18-4)6-5-7(19-12-6)14-9(16)8(15)13(3)10(14)17/h5,8-9,15-16H,1-4H3. The van der Waals surface area contributed by atoms with E-state index >= 15 is 0 Å². The van der Waals surface area contributed by atoms with Gasteiger partial charge in [0, 0.05) is 20.2 Å². The molecule has 1 aliphatic heterocycles. The molecular weight excluding hydrogens is 254 g/mol. The van der Waals surface area contributed by atoms with E-state index < -0.39 is 24.1 Å². The maximum atomic E-state index is 11.9. The maximum absolute atomic E-state index is 11.9. The lowest BCUT2D eigenvalue weighted by Gasteiger charge is -2.19. The number of amides is 2. The molecule has 1 fully saturated rings. The van der Waals surface area contributed by atoms with Crippen LogP contribution in [-0.2, 0) is 10.3 Å². The first-order chi connectivity index (χ1) is 8.79. The smallest absolute Gasteiger partial charge is 0.331 e. The van der Waals surface area contributed by atoms with Crippen molar-refractivity contribution >= 4 is 11.9 Å². The summed E-state index contributed by atoms with van der Waals surface area (Å²) in [5.41, 5.74) is -0.200. The first-order valence-corrected chi connectivity index (χ1v) is 5.74. The molecule has 1 aliphatic rings. The molecule has 1 aromatic heterocycles. The second kappa shape index (κ2) is 4.48. The molecule has 8 nitrogen and oxygen atoms in total. The first kappa shape index (κ1) is 13.8. The van der Waals surface area contributed by atoms with Gasteiger partial charge in [0.15, 0.2) is 12.5 Å². The number of nitrogens with zero attached hydrogens (tertiary/aromatic N) is 3. The number of carbonyl (C=O) groups is 1. The number of aromatic nitrogens is 1. The summed E-state index contributed by atoms with van der Waals surface area (Å²) in [4.78, 5) is 13.8. The van der Waals surface area contributed by atoms with E-state index in [1.807, 2.05) is 0 Å². The van der Waals surface area contributed by atoms with Crippen LogP contribution in [0.5, 0.6) is 0 Å². The van der Waals surface area contributed by atoms with Crippen molar-refractivity contribution in [1.29, 1.82) is 0 Å². The van der Waals surface area contributed by atoms with E-state index in [1.54, 1.807) is 13.8 Å². The van der Waals surface area contributed by atoms with Crippen LogP contribution in [-0.4, -0.2) is 52.9 Å². The van der Waals surface area contributed by atoms with Gasteiger partial charge in [0.2, 0.25) is 5.88 Å². The van der Waals surface area contributed by atoms with Crippen LogP contribution in [0.1, 0.15) is 19.5 Å². The molecule has 19 heavy (non-hydrogen) atoms. The lowest BCUT2D eigenvalue weighted by molar-refractivity contribution is -0.0190. The van der Waals surface area contributed by atoms with Crippen molar-refractivity contribution in [2.24, 2.45) is 0 Å². The predicted octanol–water partition coefficient (Wildman–Crippen LogP) is 0.0647. The molecule has 2 amide bonds. The van der Waals surface area contributed by atoms with Crippen LogP contribution < -0.4 is 4.90 Å². The minimum absolute atomic E-state index is 0.0565. The summed E-state index contributed by atoms with van der Waals surface area (Å²) >= 11 is 0. The molecule has 0 saturated carbocycles. The lowest BCUT2D eigenvalue weighted by Crippen LogP contribution is -2.36. The van der Waals surface area contributed by atoms with Crippen LogP contribution in [0.2, 0.25) is 0 Å². The Morgan fingerprint density at radius 3 is 2.53 bits per heavy atom. The van der Waals surface area contributed by atoms with Crippen LogP contribution in [0.4, 0.5) is 10.7 Å².